The number of nitrogens with zero attached hydrogens (tertiary/aromatic N) is 2. The van der Waals surface area contributed by atoms with E-state index in [1.54, 1.807) is 6.33 Å². The average molecular weight is 305 g/mol. The Morgan fingerprint density at radius 2 is 1.86 bits per heavy atom. The van der Waals surface area contributed by atoms with E-state index in [2.05, 4.69) is 41.4 Å². The molecule has 0 unspecified atom stereocenters. The van der Waals surface area contributed by atoms with Gasteiger partial charge in [0.1, 0.15) is 18.0 Å². The molecule has 0 bridgehead atoms. The van der Waals surface area contributed by atoms with Gasteiger partial charge in [-0.15, -0.1) is 0 Å². The van der Waals surface area contributed by atoms with Crippen LogP contribution in [0.3, 0.4) is 0 Å². The van der Waals surface area contributed by atoms with E-state index in [1.807, 2.05) is 24.3 Å². The molecule has 0 radical (unpaired) electrons. The molecule has 1 heterocycles. The van der Waals surface area contributed by atoms with Gasteiger partial charge in [-0.05, 0) is 24.5 Å². The molecule has 0 saturated carbocycles. The smallest absolute Gasteiger partial charge is 0.139 e. The first-order chi connectivity index (χ1) is 10.1. The molecule has 0 atom stereocenters. The molecule has 0 fully saturated rings. The van der Waals surface area contributed by atoms with E-state index in [0.717, 1.165) is 35.9 Å². The highest BCUT2D eigenvalue weighted by atomic mass is 35.5. The lowest BCUT2D eigenvalue weighted by atomic mass is 10.0. The summed E-state index contributed by atoms with van der Waals surface area (Å²) in [5.41, 5.74) is 1.92. The predicted octanol–water partition coefficient (Wildman–Crippen LogP) is 4.82. The van der Waals surface area contributed by atoms with E-state index in [4.69, 9.17) is 11.6 Å². The van der Waals surface area contributed by atoms with Crippen LogP contribution in [-0.2, 0) is 0 Å². The fourth-order valence-electron chi connectivity index (χ4n) is 2.12. The van der Waals surface area contributed by atoms with E-state index in [0.29, 0.717) is 10.9 Å². The summed E-state index contributed by atoms with van der Waals surface area (Å²) in [6.45, 7) is 7.29. The summed E-state index contributed by atoms with van der Waals surface area (Å²) in [6.07, 6.45) is 2.62. The fourth-order valence-corrected chi connectivity index (χ4v) is 2.30. The van der Waals surface area contributed by atoms with Gasteiger partial charge >= 0.3 is 0 Å². The molecule has 2 rings (SSSR count). The SMILES string of the molecule is CCCNc1ncnc(Nc2ccccc2Cl)c1C(C)C. The van der Waals surface area contributed by atoms with Crippen molar-refractivity contribution in [3.05, 3.63) is 41.2 Å². The molecular weight excluding hydrogens is 284 g/mol. The molecule has 1 aromatic carbocycles. The van der Waals surface area contributed by atoms with Crippen LogP contribution in [0.4, 0.5) is 17.3 Å². The number of hydrogen-bond donors (Lipinski definition) is 2. The number of nitrogens with one attached hydrogen (secondary N) is 2. The molecule has 4 nitrogen and oxygen atoms in total. The van der Waals surface area contributed by atoms with Crippen molar-refractivity contribution >= 4 is 28.9 Å². The lowest BCUT2D eigenvalue weighted by Crippen LogP contribution is -2.10. The quantitative estimate of drug-likeness (QED) is 0.803. The first-order valence-electron chi connectivity index (χ1n) is 7.23. The summed E-state index contributed by atoms with van der Waals surface area (Å²) in [5.74, 6) is 1.98. The second-order valence-electron chi connectivity index (χ2n) is 5.17. The van der Waals surface area contributed by atoms with Crippen LogP contribution in [0.1, 0.15) is 38.7 Å². The molecule has 1 aromatic heterocycles. The number of benzene rings is 1. The van der Waals surface area contributed by atoms with E-state index in [-0.39, 0.29) is 0 Å². The summed E-state index contributed by atoms with van der Waals surface area (Å²) < 4.78 is 0. The Kier molecular flexibility index (Phi) is 5.39. The molecule has 0 aliphatic rings. The van der Waals surface area contributed by atoms with Crippen molar-refractivity contribution in [2.24, 2.45) is 0 Å². The average Bonchev–Trinajstić information content (AvgIpc) is 2.47. The molecule has 2 N–H and O–H groups in total. The molecule has 0 saturated heterocycles. The number of hydrogen-bond acceptors (Lipinski definition) is 4. The van der Waals surface area contributed by atoms with Gasteiger partial charge in [0.05, 0.1) is 10.7 Å². The summed E-state index contributed by atoms with van der Waals surface area (Å²) in [4.78, 5) is 8.75. The fraction of sp³-hybridized carbons (Fsp3) is 0.375. The highest BCUT2D eigenvalue weighted by molar-refractivity contribution is 6.33. The largest absolute Gasteiger partial charge is 0.370 e. The molecule has 0 amide bonds. The van der Waals surface area contributed by atoms with Crippen LogP contribution in [0.5, 0.6) is 0 Å². The Morgan fingerprint density at radius 1 is 1.14 bits per heavy atom. The van der Waals surface area contributed by atoms with E-state index in [1.165, 1.54) is 0 Å². The number of aromatic nitrogens is 2. The van der Waals surface area contributed by atoms with Crippen LogP contribution in [-0.4, -0.2) is 16.5 Å². The van der Waals surface area contributed by atoms with Gasteiger partial charge in [0.25, 0.3) is 0 Å². The van der Waals surface area contributed by atoms with Gasteiger partial charge in [0, 0.05) is 12.1 Å². The highest BCUT2D eigenvalue weighted by Gasteiger charge is 2.15. The van der Waals surface area contributed by atoms with Crippen LogP contribution in [0.15, 0.2) is 30.6 Å². The third kappa shape index (κ3) is 3.85. The van der Waals surface area contributed by atoms with Crippen molar-refractivity contribution in [3.63, 3.8) is 0 Å². The summed E-state index contributed by atoms with van der Waals surface area (Å²) in [7, 11) is 0. The Morgan fingerprint density at radius 3 is 2.52 bits per heavy atom. The predicted molar refractivity (Wildman–Crippen MR) is 89.6 cm³/mol. The van der Waals surface area contributed by atoms with Crippen molar-refractivity contribution in [3.8, 4) is 0 Å². The highest BCUT2D eigenvalue weighted by Crippen LogP contribution is 2.32. The van der Waals surface area contributed by atoms with Gasteiger partial charge in [0.2, 0.25) is 0 Å². The third-order valence-electron chi connectivity index (χ3n) is 3.13. The van der Waals surface area contributed by atoms with E-state index in [9.17, 15) is 0 Å². The van der Waals surface area contributed by atoms with Crippen LogP contribution in [0.2, 0.25) is 5.02 Å². The van der Waals surface area contributed by atoms with Crippen LogP contribution >= 0.6 is 11.6 Å². The second kappa shape index (κ2) is 7.27. The minimum Gasteiger partial charge on any atom is -0.370 e. The Labute approximate surface area is 131 Å². The number of halogens is 1. The van der Waals surface area contributed by atoms with Gasteiger partial charge < -0.3 is 10.6 Å². The van der Waals surface area contributed by atoms with Crippen molar-refractivity contribution < 1.29 is 0 Å². The minimum absolute atomic E-state index is 0.301. The van der Waals surface area contributed by atoms with Gasteiger partial charge in [0.15, 0.2) is 0 Å². The van der Waals surface area contributed by atoms with Gasteiger partial charge in [-0.1, -0.05) is 44.5 Å². The van der Waals surface area contributed by atoms with Gasteiger partial charge in [-0.3, -0.25) is 0 Å². The van der Waals surface area contributed by atoms with Crippen LogP contribution in [0.25, 0.3) is 0 Å². The first-order valence-corrected chi connectivity index (χ1v) is 7.61. The molecule has 2 aromatic rings. The monoisotopic (exact) mass is 304 g/mol. The Hall–Kier alpha value is -1.81. The summed E-state index contributed by atoms with van der Waals surface area (Å²) >= 11 is 6.21. The zero-order valence-electron chi connectivity index (χ0n) is 12.7. The number of rotatable bonds is 6. The molecule has 112 valence electrons. The molecule has 0 aliphatic carbocycles. The molecular formula is C16H21ClN4. The van der Waals surface area contributed by atoms with E-state index < -0.39 is 0 Å². The first kappa shape index (κ1) is 15.6. The summed E-state index contributed by atoms with van der Waals surface area (Å²) in [5, 5.41) is 7.35. The molecule has 0 spiro atoms. The van der Waals surface area contributed by atoms with Crippen LogP contribution < -0.4 is 10.6 Å². The molecule has 5 heteroatoms. The van der Waals surface area contributed by atoms with Crippen molar-refractivity contribution in [2.75, 3.05) is 17.2 Å². The van der Waals surface area contributed by atoms with Gasteiger partial charge in [-0.25, -0.2) is 9.97 Å². The third-order valence-corrected chi connectivity index (χ3v) is 3.46. The molecule has 0 aliphatic heterocycles. The maximum Gasteiger partial charge on any atom is 0.139 e. The maximum atomic E-state index is 6.21. The zero-order chi connectivity index (χ0) is 15.2. The topological polar surface area (TPSA) is 49.8 Å². The van der Waals surface area contributed by atoms with Crippen LogP contribution in [0, 0.1) is 0 Å². The van der Waals surface area contributed by atoms with Crippen molar-refractivity contribution in [1.82, 2.24) is 9.97 Å². The lowest BCUT2D eigenvalue weighted by molar-refractivity contribution is 0.844. The standard InChI is InChI=1S/C16H21ClN4/c1-4-9-18-15-14(11(2)3)16(20-10-19-15)21-13-8-6-5-7-12(13)17/h5-8,10-11H,4,9H2,1-3H3,(H2,18,19,20,21). The minimum atomic E-state index is 0.301. The van der Waals surface area contributed by atoms with Gasteiger partial charge in [-0.2, -0.15) is 0 Å². The lowest BCUT2D eigenvalue weighted by Gasteiger charge is -2.18. The molecule has 21 heavy (non-hydrogen) atoms. The van der Waals surface area contributed by atoms with Crippen molar-refractivity contribution in [2.45, 2.75) is 33.1 Å². The van der Waals surface area contributed by atoms with E-state index >= 15 is 0 Å². The number of para-hydroxylation sites is 1. The zero-order valence-corrected chi connectivity index (χ0v) is 13.4. The Bertz CT molecular complexity index is 599. The normalized spacial score (nSPS) is 10.7. The maximum absolute atomic E-state index is 6.21. The second-order valence-corrected chi connectivity index (χ2v) is 5.58. The Balaban J connectivity index is 2.36. The van der Waals surface area contributed by atoms with Crippen molar-refractivity contribution in [1.29, 1.82) is 0 Å². The summed E-state index contributed by atoms with van der Waals surface area (Å²) in [6, 6.07) is 7.65. The number of anilines is 3.